The molecule has 2 aliphatic heterocycles. The molecule has 1 atom stereocenters. The Bertz CT molecular complexity index is 1050. The fraction of sp³-hybridized carbons (Fsp3) is 0.565. The summed E-state index contributed by atoms with van der Waals surface area (Å²) < 4.78 is 29.3. The van der Waals surface area contributed by atoms with Crippen LogP contribution in [0.4, 0.5) is 5.69 Å². The van der Waals surface area contributed by atoms with Crippen LogP contribution in [0, 0.1) is 11.3 Å². The van der Waals surface area contributed by atoms with Gasteiger partial charge in [-0.3, -0.25) is 4.79 Å². The maximum atomic E-state index is 13.5. The summed E-state index contributed by atoms with van der Waals surface area (Å²) in [7, 11) is -3.96. The van der Waals surface area contributed by atoms with Crippen molar-refractivity contribution in [3.8, 4) is 0 Å². The summed E-state index contributed by atoms with van der Waals surface area (Å²) in [5.74, 6) is -0.312. The highest BCUT2D eigenvalue weighted by atomic mass is 32.2. The zero-order valence-corrected chi connectivity index (χ0v) is 19.2. The van der Waals surface area contributed by atoms with Crippen molar-refractivity contribution in [2.45, 2.75) is 70.2 Å². The molecule has 0 unspecified atom stereocenters. The largest absolute Gasteiger partial charge is 0.509 e. The molecule has 2 N–H and O–H groups in total. The van der Waals surface area contributed by atoms with E-state index in [2.05, 4.69) is 30.5 Å². The van der Waals surface area contributed by atoms with Gasteiger partial charge in [0.1, 0.15) is 16.2 Å². The third-order valence-electron chi connectivity index (χ3n) is 6.41. The molecule has 1 aromatic rings. The Hall–Kier alpha value is -2.35. The molecule has 0 spiro atoms. The number of carbonyl (C=O) groups excluding carboxylic acids is 1. The molecular weight excluding hydrogens is 414 g/mol. The van der Waals surface area contributed by atoms with Crippen LogP contribution in [0.1, 0.15) is 59.3 Å². The molecule has 1 aromatic carbocycles. The number of aliphatic hydroxyl groups excluding tert-OH is 1. The summed E-state index contributed by atoms with van der Waals surface area (Å²) in [6.45, 7) is 6.86. The van der Waals surface area contributed by atoms with E-state index in [1.54, 1.807) is 23.1 Å². The van der Waals surface area contributed by atoms with Gasteiger partial charge in [0.15, 0.2) is 5.84 Å². The van der Waals surface area contributed by atoms with Crippen LogP contribution in [-0.4, -0.2) is 42.8 Å². The fourth-order valence-electron chi connectivity index (χ4n) is 4.74. The van der Waals surface area contributed by atoms with Crippen LogP contribution in [-0.2, 0) is 14.8 Å². The molecule has 3 aliphatic rings. The van der Waals surface area contributed by atoms with Gasteiger partial charge < -0.3 is 15.3 Å². The summed E-state index contributed by atoms with van der Waals surface area (Å²) in [6.07, 6.45) is 5.99. The van der Waals surface area contributed by atoms with Crippen molar-refractivity contribution >= 4 is 27.5 Å². The minimum absolute atomic E-state index is 0.0115. The summed E-state index contributed by atoms with van der Waals surface area (Å²) in [4.78, 5) is 15.3. The van der Waals surface area contributed by atoms with Crippen LogP contribution in [0.15, 0.2) is 44.9 Å². The molecule has 4 rings (SSSR count). The van der Waals surface area contributed by atoms with Gasteiger partial charge in [-0.15, -0.1) is 4.40 Å². The van der Waals surface area contributed by atoms with Crippen molar-refractivity contribution in [3.63, 3.8) is 0 Å². The van der Waals surface area contributed by atoms with Crippen molar-refractivity contribution < 1.29 is 18.3 Å². The van der Waals surface area contributed by atoms with E-state index in [1.807, 2.05) is 0 Å². The van der Waals surface area contributed by atoms with Crippen LogP contribution in [0.5, 0.6) is 0 Å². The molecule has 1 aliphatic carbocycles. The Labute approximate surface area is 184 Å². The second-order valence-electron chi connectivity index (χ2n) is 9.95. The number of carbonyl (C=O) groups is 1. The Morgan fingerprint density at radius 2 is 1.84 bits per heavy atom. The molecule has 1 amide bonds. The van der Waals surface area contributed by atoms with E-state index in [0.717, 1.165) is 32.1 Å². The normalized spacial score (nSPS) is 24.1. The number of nitrogens with one attached hydrogen (secondary N) is 1. The first-order valence-corrected chi connectivity index (χ1v) is 12.5. The number of anilines is 1. The Kier molecular flexibility index (Phi) is 5.62. The lowest BCUT2D eigenvalue weighted by atomic mass is 9.82. The van der Waals surface area contributed by atoms with E-state index >= 15 is 0 Å². The maximum absolute atomic E-state index is 13.5. The zero-order valence-electron chi connectivity index (χ0n) is 18.4. The first kappa shape index (κ1) is 21.9. The quantitative estimate of drug-likeness (QED) is 0.722. The topological polar surface area (TPSA) is 99.1 Å². The predicted octanol–water partition coefficient (Wildman–Crippen LogP) is 4.24. The number of amides is 1. The van der Waals surface area contributed by atoms with E-state index in [-0.39, 0.29) is 39.3 Å². The number of sulfonamides is 1. The summed E-state index contributed by atoms with van der Waals surface area (Å²) >= 11 is 0. The summed E-state index contributed by atoms with van der Waals surface area (Å²) in [5, 5.41) is 14.2. The Morgan fingerprint density at radius 3 is 2.52 bits per heavy atom. The summed E-state index contributed by atoms with van der Waals surface area (Å²) in [5.41, 5.74) is 0.379. The van der Waals surface area contributed by atoms with E-state index < -0.39 is 16.1 Å². The monoisotopic (exact) mass is 445 g/mol. The molecule has 1 fully saturated rings. The van der Waals surface area contributed by atoms with Gasteiger partial charge in [0, 0.05) is 6.54 Å². The molecule has 8 heteroatoms. The highest BCUT2D eigenvalue weighted by Gasteiger charge is 2.46. The lowest BCUT2D eigenvalue weighted by molar-refractivity contribution is -0.128. The van der Waals surface area contributed by atoms with Gasteiger partial charge in [0.2, 0.25) is 0 Å². The molecule has 31 heavy (non-hydrogen) atoms. The number of amidine groups is 1. The van der Waals surface area contributed by atoms with Gasteiger partial charge >= 0.3 is 0 Å². The lowest BCUT2D eigenvalue weighted by Crippen LogP contribution is -2.43. The van der Waals surface area contributed by atoms with Crippen molar-refractivity contribution in [1.29, 1.82) is 0 Å². The van der Waals surface area contributed by atoms with Gasteiger partial charge in [-0.1, -0.05) is 52.2 Å². The van der Waals surface area contributed by atoms with Crippen LogP contribution < -0.4 is 5.32 Å². The van der Waals surface area contributed by atoms with Gasteiger partial charge in [0.25, 0.3) is 15.9 Å². The van der Waals surface area contributed by atoms with Crippen LogP contribution in [0.25, 0.3) is 0 Å². The number of nitrogens with zero attached hydrogens (tertiary/aromatic N) is 2. The van der Waals surface area contributed by atoms with Gasteiger partial charge in [-0.2, -0.15) is 8.42 Å². The first-order valence-electron chi connectivity index (χ1n) is 11.0. The Morgan fingerprint density at radius 1 is 1.16 bits per heavy atom. The second kappa shape index (κ2) is 7.97. The van der Waals surface area contributed by atoms with Crippen LogP contribution in [0.3, 0.4) is 0 Å². The Balaban J connectivity index is 1.73. The van der Waals surface area contributed by atoms with Crippen LogP contribution in [0.2, 0.25) is 0 Å². The predicted molar refractivity (Wildman–Crippen MR) is 120 cm³/mol. The van der Waals surface area contributed by atoms with Crippen molar-refractivity contribution in [2.24, 2.45) is 15.7 Å². The minimum Gasteiger partial charge on any atom is -0.509 e. The molecule has 168 valence electrons. The van der Waals surface area contributed by atoms with E-state index in [4.69, 9.17) is 0 Å². The molecule has 0 aromatic heterocycles. The third-order valence-corrected chi connectivity index (χ3v) is 7.75. The van der Waals surface area contributed by atoms with Gasteiger partial charge in [-0.05, 0) is 42.7 Å². The number of aliphatic hydroxyl groups is 1. The average molecular weight is 446 g/mol. The van der Waals surface area contributed by atoms with Crippen molar-refractivity contribution in [3.05, 3.63) is 35.6 Å². The first-order chi connectivity index (χ1) is 14.6. The maximum Gasteiger partial charge on any atom is 0.286 e. The van der Waals surface area contributed by atoms with E-state index in [1.165, 1.54) is 12.5 Å². The summed E-state index contributed by atoms with van der Waals surface area (Å²) in [6, 6.07) is 6.03. The minimum atomic E-state index is -3.96. The highest BCUT2D eigenvalue weighted by Crippen LogP contribution is 2.39. The fourth-order valence-corrected chi connectivity index (χ4v) is 5.87. The molecule has 7 nitrogen and oxygen atoms in total. The number of benzene rings is 1. The number of fused-ring (bicyclic) bond motifs is 1. The zero-order chi connectivity index (χ0) is 22.4. The lowest BCUT2D eigenvalue weighted by Gasteiger charge is -2.35. The number of rotatable bonds is 4. The standard InChI is InChI=1S/C23H31N3O4S/c1-23(2,3)13-14-26-19(15-9-5-4-6-10-15)20(27)18(22(26)28)21-24-16-11-7-8-12-17(16)31(29,30)25-21/h7-8,11-12,15,19,27H,4-6,9-10,13-14H2,1-3H3,(H,24,25)/t19-/m0/s1. The molecule has 0 saturated heterocycles. The smallest absolute Gasteiger partial charge is 0.286 e. The van der Waals surface area contributed by atoms with Crippen molar-refractivity contribution in [2.75, 3.05) is 11.9 Å². The third kappa shape index (κ3) is 4.22. The molecule has 1 saturated carbocycles. The molecule has 0 radical (unpaired) electrons. The number of para-hydroxylation sites is 1. The van der Waals surface area contributed by atoms with Crippen molar-refractivity contribution in [1.82, 2.24) is 4.90 Å². The highest BCUT2D eigenvalue weighted by molar-refractivity contribution is 7.90. The number of hydrogen-bond donors (Lipinski definition) is 2. The van der Waals surface area contributed by atoms with Gasteiger partial charge in [-0.25, -0.2) is 0 Å². The van der Waals surface area contributed by atoms with Crippen LogP contribution >= 0.6 is 0 Å². The second-order valence-corrected chi connectivity index (χ2v) is 11.5. The average Bonchev–Trinajstić information content (AvgIpc) is 2.95. The number of hydrogen-bond acceptors (Lipinski definition) is 5. The molecule has 2 heterocycles. The molecular formula is C23H31N3O4S. The molecule has 0 bridgehead atoms. The SMILES string of the molecule is CC(C)(C)CCN1C(=O)C(C2=NS(=O)(=O)c3ccccc3N2)=C(O)[C@@H]1C1CCCCC1. The van der Waals surface area contributed by atoms with E-state index in [9.17, 15) is 18.3 Å². The van der Waals surface area contributed by atoms with Gasteiger partial charge in [0.05, 0.1) is 11.7 Å². The van der Waals surface area contributed by atoms with E-state index in [0.29, 0.717) is 12.2 Å².